The second kappa shape index (κ2) is 3.76. The fourth-order valence-electron chi connectivity index (χ4n) is 1.33. The van der Waals surface area contributed by atoms with E-state index in [2.05, 4.69) is 51.4 Å². The molecule has 0 aromatic rings. The lowest BCUT2D eigenvalue weighted by Crippen LogP contribution is -2.31. The molecule has 1 atom stereocenters. The van der Waals surface area contributed by atoms with E-state index in [1.807, 2.05) is 0 Å². The van der Waals surface area contributed by atoms with Crippen molar-refractivity contribution in [2.75, 3.05) is 20.1 Å². The first-order valence-electron chi connectivity index (χ1n) is 3.90. The summed E-state index contributed by atoms with van der Waals surface area (Å²) in [6.07, 6.45) is 1.27. The van der Waals surface area contributed by atoms with Gasteiger partial charge < -0.3 is 4.90 Å². The van der Waals surface area contributed by atoms with Gasteiger partial charge in [-0.15, -0.1) is 0 Å². The number of hydrogen-bond donors (Lipinski definition) is 0. The van der Waals surface area contributed by atoms with Crippen molar-refractivity contribution in [1.29, 1.82) is 0 Å². The topological polar surface area (TPSA) is 6.48 Å². The summed E-state index contributed by atoms with van der Waals surface area (Å²) in [7, 11) is 2.13. The van der Waals surface area contributed by atoms with Crippen LogP contribution in [0.15, 0.2) is 12.3 Å². The zero-order chi connectivity index (χ0) is 8.43. The molecule has 0 amide bonds. The highest BCUT2D eigenvalue weighted by Crippen LogP contribution is 2.19. The Balaban J connectivity index is 2.43. The van der Waals surface area contributed by atoms with Crippen molar-refractivity contribution in [3.05, 3.63) is 12.3 Å². The lowest BCUT2D eigenvalue weighted by atomic mass is 10.2. The Hall–Kier alpha value is 0.230. The average molecular weight is 266 g/mol. The molecule has 0 N–H and O–H groups in total. The van der Waals surface area contributed by atoms with E-state index in [1.165, 1.54) is 25.2 Å². The van der Waals surface area contributed by atoms with Crippen LogP contribution in [0.1, 0.15) is 13.3 Å². The third kappa shape index (κ3) is 2.33. The highest BCUT2D eigenvalue weighted by molar-refractivity contribution is 14.1. The van der Waals surface area contributed by atoms with Gasteiger partial charge in [0.15, 0.2) is 0 Å². The maximum absolute atomic E-state index is 3.93. The second-order valence-corrected chi connectivity index (χ2v) is 4.52. The fraction of sp³-hybridized carbons (Fsp3) is 0.750. The molecule has 0 spiro atoms. The first-order valence-corrected chi connectivity index (χ1v) is 4.87. The molecule has 0 bridgehead atoms. The zero-order valence-corrected chi connectivity index (χ0v) is 9.34. The van der Waals surface area contributed by atoms with Crippen LogP contribution in [-0.4, -0.2) is 34.2 Å². The van der Waals surface area contributed by atoms with Gasteiger partial charge in [0.05, 0.1) is 0 Å². The van der Waals surface area contributed by atoms with E-state index in [9.17, 15) is 0 Å². The number of nitrogens with zero attached hydrogens (tertiary/aromatic N) is 2. The Labute approximate surface area is 82.7 Å². The van der Waals surface area contributed by atoms with Crippen molar-refractivity contribution in [2.24, 2.45) is 0 Å². The van der Waals surface area contributed by atoms with Crippen LogP contribution < -0.4 is 0 Å². The number of hydrogen-bond acceptors (Lipinski definition) is 2. The highest BCUT2D eigenvalue weighted by atomic mass is 127. The van der Waals surface area contributed by atoms with E-state index in [0.29, 0.717) is 6.04 Å². The van der Waals surface area contributed by atoms with Crippen molar-refractivity contribution in [1.82, 2.24) is 8.01 Å². The molecule has 1 aliphatic heterocycles. The van der Waals surface area contributed by atoms with E-state index in [-0.39, 0.29) is 0 Å². The molecule has 3 heteroatoms. The summed E-state index contributed by atoms with van der Waals surface area (Å²) >= 11 is 2.38. The molecule has 0 aromatic heterocycles. The minimum atomic E-state index is 0.685. The number of likely N-dealkylation sites (N-methyl/N-ethyl adjacent to an activating group) is 1. The van der Waals surface area contributed by atoms with Gasteiger partial charge in [0, 0.05) is 54.7 Å². The summed E-state index contributed by atoms with van der Waals surface area (Å²) in [6, 6.07) is 0.685. The van der Waals surface area contributed by atoms with Gasteiger partial charge in [-0.25, -0.2) is 3.11 Å². The van der Waals surface area contributed by atoms with E-state index >= 15 is 0 Å². The van der Waals surface area contributed by atoms with Crippen LogP contribution in [0.2, 0.25) is 0 Å². The molecule has 1 fully saturated rings. The van der Waals surface area contributed by atoms with E-state index < -0.39 is 0 Å². The fourth-order valence-corrected chi connectivity index (χ4v) is 2.06. The van der Waals surface area contributed by atoms with Gasteiger partial charge in [-0.1, -0.05) is 6.58 Å². The van der Waals surface area contributed by atoms with Crippen molar-refractivity contribution in [3.8, 4) is 0 Å². The van der Waals surface area contributed by atoms with Crippen molar-refractivity contribution in [2.45, 2.75) is 19.4 Å². The summed E-state index contributed by atoms with van der Waals surface area (Å²) in [5, 5.41) is 0. The first-order chi connectivity index (χ1) is 5.11. The van der Waals surface area contributed by atoms with Crippen LogP contribution in [0.5, 0.6) is 0 Å². The Morgan fingerprint density at radius 3 is 2.73 bits per heavy atom. The average Bonchev–Trinajstić information content (AvgIpc) is 2.34. The number of halogens is 1. The normalized spacial score (nSPS) is 25.5. The van der Waals surface area contributed by atoms with Crippen molar-refractivity contribution < 1.29 is 0 Å². The predicted molar refractivity (Wildman–Crippen MR) is 56.6 cm³/mol. The van der Waals surface area contributed by atoms with Gasteiger partial charge >= 0.3 is 0 Å². The molecular formula is C8H15IN2. The summed E-state index contributed by atoms with van der Waals surface area (Å²) in [5.74, 6) is 0. The standard InChI is InChI=1S/C8H15IN2/c1-7(2)10(3)8-4-5-11(9)6-8/h8H,1,4-6H2,2-3H3/t8-/m1/s1. The van der Waals surface area contributed by atoms with Crippen LogP contribution in [0.3, 0.4) is 0 Å². The third-order valence-electron chi connectivity index (χ3n) is 2.26. The predicted octanol–water partition coefficient (Wildman–Crippen LogP) is 1.88. The molecule has 1 saturated heterocycles. The molecule has 1 aliphatic rings. The lowest BCUT2D eigenvalue weighted by molar-refractivity contribution is 0.318. The Morgan fingerprint density at radius 2 is 2.36 bits per heavy atom. The summed E-state index contributed by atoms with van der Waals surface area (Å²) in [5.41, 5.74) is 1.17. The van der Waals surface area contributed by atoms with Gasteiger partial charge in [0.2, 0.25) is 0 Å². The van der Waals surface area contributed by atoms with Crippen LogP contribution in [-0.2, 0) is 0 Å². The van der Waals surface area contributed by atoms with Crippen LogP contribution >= 0.6 is 22.9 Å². The smallest absolute Gasteiger partial charge is 0.0431 e. The van der Waals surface area contributed by atoms with Crippen LogP contribution in [0, 0.1) is 0 Å². The molecule has 0 saturated carbocycles. The van der Waals surface area contributed by atoms with E-state index in [4.69, 9.17) is 0 Å². The summed E-state index contributed by atoms with van der Waals surface area (Å²) in [6.45, 7) is 8.38. The molecule has 64 valence electrons. The summed E-state index contributed by atoms with van der Waals surface area (Å²) in [4.78, 5) is 2.28. The molecule has 1 heterocycles. The minimum Gasteiger partial charge on any atom is -0.374 e. The van der Waals surface area contributed by atoms with Gasteiger partial charge in [0.1, 0.15) is 0 Å². The number of rotatable bonds is 2. The maximum Gasteiger partial charge on any atom is 0.0431 e. The van der Waals surface area contributed by atoms with Crippen molar-refractivity contribution in [3.63, 3.8) is 0 Å². The Kier molecular flexibility index (Phi) is 3.18. The molecule has 0 aliphatic carbocycles. The molecule has 11 heavy (non-hydrogen) atoms. The van der Waals surface area contributed by atoms with Gasteiger partial charge in [-0.05, 0) is 13.3 Å². The molecule has 0 aromatic carbocycles. The van der Waals surface area contributed by atoms with E-state index in [1.54, 1.807) is 0 Å². The highest BCUT2D eigenvalue weighted by Gasteiger charge is 2.23. The molecule has 0 radical (unpaired) electrons. The lowest BCUT2D eigenvalue weighted by Gasteiger charge is -2.25. The van der Waals surface area contributed by atoms with Gasteiger partial charge in [0.25, 0.3) is 0 Å². The minimum absolute atomic E-state index is 0.685. The number of allylic oxidation sites excluding steroid dienone is 1. The van der Waals surface area contributed by atoms with Crippen LogP contribution in [0.4, 0.5) is 0 Å². The van der Waals surface area contributed by atoms with Gasteiger partial charge in [-0.3, -0.25) is 0 Å². The van der Waals surface area contributed by atoms with Crippen molar-refractivity contribution >= 4 is 22.9 Å². The largest absolute Gasteiger partial charge is 0.374 e. The molecule has 1 rings (SSSR count). The quantitative estimate of drug-likeness (QED) is 0.556. The third-order valence-corrected chi connectivity index (χ3v) is 3.14. The Bertz CT molecular complexity index is 158. The van der Waals surface area contributed by atoms with Gasteiger partial charge in [-0.2, -0.15) is 0 Å². The second-order valence-electron chi connectivity index (χ2n) is 3.16. The maximum atomic E-state index is 3.93. The SMILES string of the molecule is C=C(C)N(C)[C@@H]1CCN(I)C1. The monoisotopic (exact) mass is 266 g/mol. The molecule has 0 unspecified atom stereocenters. The molecule has 2 nitrogen and oxygen atoms in total. The first kappa shape index (κ1) is 9.32. The van der Waals surface area contributed by atoms with E-state index in [0.717, 1.165) is 0 Å². The Morgan fingerprint density at radius 1 is 1.73 bits per heavy atom. The zero-order valence-electron chi connectivity index (χ0n) is 7.18. The van der Waals surface area contributed by atoms with Crippen LogP contribution in [0.25, 0.3) is 0 Å². The summed E-state index contributed by atoms with van der Waals surface area (Å²) < 4.78 is 2.34. The molecular weight excluding hydrogens is 251 g/mol.